The zero-order chi connectivity index (χ0) is 9.68. The van der Waals surface area contributed by atoms with Crippen molar-refractivity contribution in [3.05, 3.63) is 0 Å². The van der Waals surface area contributed by atoms with Gasteiger partial charge in [0.1, 0.15) is 18.3 Å². The summed E-state index contributed by atoms with van der Waals surface area (Å²) < 4.78 is 4.81. The molecule has 0 saturated heterocycles. The maximum atomic E-state index is 11.3. The van der Waals surface area contributed by atoms with Crippen LogP contribution in [0.1, 0.15) is 25.7 Å². The van der Waals surface area contributed by atoms with Crippen LogP contribution in [-0.2, 0) is 14.3 Å². The Bertz CT molecular complexity index is 203. The van der Waals surface area contributed by atoms with Gasteiger partial charge in [-0.2, -0.15) is 0 Å². The van der Waals surface area contributed by atoms with Gasteiger partial charge in [-0.3, -0.25) is 9.59 Å². The van der Waals surface area contributed by atoms with E-state index in [-0.39, 0.29) is 24.2 Å². The van der Waals surface area contributed by atoms with Crippen LogP contribution in [0.4, 0.5) is 0 Å². The van der Waals surface area contributed by atoms with Crippen LogP contribution in [0, 0.1) is 5.92 Å². The Hall–Kier alpha value is -0.570. The minimum Gasteiger partial charge on any atom is -0.464 e. The molecule has 0 spiro atoms. The highest BCUT2D eigenvalue weighted by atomic mass is 35.5. The van der Waals surface area contributed by atoms with Gasteiger partial charge < -0.3 is 4.74 Å². The van der Waals surface area contributed by atoms with Gasteiger partial charge in [0, 0.05) is 6.42 Å². The molecule has 1 aliphatic carbocycles. The van der Waals surface area contributed by atoms with Crippen molar-refractivity contribution in [1.82, 2.24) is 0 Å². The second-order valence-electron chi connectivity index (χ2n) is 3.23. The number of Topliss-reactive ketones (excluding diaryl/α,β-unsaturated/α-hetero) is 1. The van der Waals surface area contributed by atoms with Crippen LogP contribution < -0.4 is 0 Å². The van der Waals surface area contributed by atoms with Gasteiger partial charge in [0.15, 0.2) is 0 Å². The summed E-state index contributed by atoms with van der Waals surface area (Å²) in [5.74, 6) is -0.449. The molecule has 0 N–H and O–H groups in total. The predicted molar refractivity (Wildman–Crippen MR) is 48.6 cm³/mol. The zero-order valence-electron chi connectivity index (χ0n) is 7.42. The quantitative estimate of drug-likeness (QED) is 0.517. The van der Waals surface area contributed by atoms with E-state index in [0.29, 0.717) is 6.42 Å². The molecule has 0 heterocycles. The van der Waals surface area contributed by atoms with Gasteiger partial charge in [0.25, 0.3) is 0 Å². The summed E-state index contributed by atoms with van der Waals surface area (Å²) >= 11 is 5.25. The predicted octanol–water partition coefficient (Wildman–Crippen LogP) is 1.53. The summed E-state index contributed by atoms with van der Waals surface area (Å²) in [6.45, 7) is 0.213. The first-order valence-corrected chi connectivity index (χ1v) is 5.02. The fourth-order valence-electron chi connectivity index (χ4n) is 1.46. The molecule has 0 bridgehead atoms. The van der Waals surface area contributed by atoms with Gasteiger partial charge in [0.05, 0.1) is 5.92 Å². The maximum absolute atomic E-state index is 11.3. The van der Waals surface area contributed by atoms with Crippen LogP contribution in [0.2, 0.25) is 0 Å². The largest absolute Gasteiger partial charge is 0.464 e. The van der Waals surface area contributed by atoms with E-state index in [0.717, 1.165) is 19.3 Å². The molecule has 1 atom stereocenters. The lowest BCUT2D eigenvalue weighted by Crippen LogP contribution is -2.25. The molecule has 13 heavy (non-hydrogen) atoms. The first-order chi connectivity index (χ1) is 6.24. The third-order valence-electron chi connectivity index (χ3n) is 2.24. The normalized spacial score (nSPS) is 22.8. The van der Waals surface area contributed by atoms with Gasteiger partial charge >= 0.3 is 5.97 Å². The molecule has 1 fully saturated rings. The lowest BCUT2D eigenvalue weighted by atomic mass is 9.89. The van der Waals surface area contributed by atoms with Crippen LogP contribution in [0.5, 0.6) is 0 Å². The summed E-state index contributed by atoms with van der Waals surface area (Å²) in [6, 6.07) is 0. The Morgan fingerprint density at radius 2 is 2.31 bits per heavy atom. The van der Waals surface area contributed by atoms with Crippen molar-refractivity contribution in [3.63, 3.8) is 0 Å². The standard InChI is InChI=1S/C9H13ClO3/c10-5-9(12)13-6-7-3-1-2-4-8(7)11/h7H,1-6H2. The lowest BCUT2D eigenvalue weighted by Gasteiger charge is -2.19. The second kappa shape index (κ2) is 5.22. The summed E-state index contributed by atoms with van der Waals surface area (Å²) in [7, 11) is 0. The fraction of sp³-hybridized carbons (Fsp3) is 0.778. The highest BCUT2D eigenvalue weighted by molar-refractivity contribution is 6.26. The van der Waals surface area contributed by atoms with E-state index in [1.54, 1.807) is 0 Å². The Balaban J connectivity index is 2.26. The minimum absolute atomic E-state index is 0.0825. The molecule has 0 aromatic rings. The molecular formula is C9H13ClO3. The van der Waals surface area contributed by atoms with Crippen LogP contribution in [0.25, 0.3) is 0 Å². The molecule has 3 nitrogen and oxygen atoms in total. The average molecular weight is 205 g/mol. The van der Waals surface area contributed by atoms with E-state index < -0.39 is 5.97 Å². The van der Waals surface area contributed by atoms with E-state index in [9.17, 15) is 9.59 Å². The van der Waals surface area contributed by atoms with Gasteiger partial charge in [-0.1, -0.05) is 6.42 Å². The van der Waals surface area contributed by atoms with Crippen molar-refractivity contribution in [1.29, 1.82) is 0 Å². The van der Waals surface area contributed by atoms with Crippen molar-refractivity contribution >= 4 is 23.4 Å². The lowest BCUT2D eigenvalue weighted by molar-refractivity contribution is -0.143. The first-order valence-electron chi connectivity index (χ1n) is 4.48. The Kier molecular flexibility index (Phi) is 4.22. The summed E-state index contributed by atoms with van der Waals surface area (Å²) in [6.07, 6.45) is 3.49. The topological polar surface area (TPSA) is 43.4 Å². The van der Waals surface area contributed by atoms with Crippen LogP contribution in [-0.4, -0.2) is 24.2 Å². The molecule has 0 radical (unpaired) electrons. The van der Waals surface area contributed by atoms with Crippen molar-refractivity contribution < 1.29 is 14.3 Å². The van der Waals surface area contributed by atoms with Crippen LogP contribution in [0.15, 0.2) is 0 Å². The number of ether oxygens (including phenoxy) is 1. The molecular weight excluding hydrogens is 192 g/mol. The van der Waals surface area contributed by atoms with Crippen molar-refractivity contribution in [3.8, 4) is 0 Å². The Morgan fingerprint density at radius 1 is 1.54 bits per heavy atom. The summed E-state index contributed by atoms with van der Waals surface area (Å²) in [5.41, 5.74) is 0. The molecule has 1 unspecified atom stereocenters. The monoisotopic (exact) mass is 204 g/mol. The highest BCUT2D eigenvalue weighted by Crippen LogP contribution is 2.20. The number of carbonyl (C=O) groups excluding carboxylic acids is 2. The van der Waals surface area contributed by atoms with Gasteiger partial charge in [-0.25, -0.2) is 0 Å². The number of halogens is 1. The summed E-state index contributed by atoms with van der Waals surface area (Å²) in [4.78, 5) is 22.0. The third kappa shape index (κ3) is 3.35. The number of carbonyl (C=O) groups is 2. The van der Waals surface area contributed by atoms with E-state index in [2.05, 4.69) is 0 Å². The Morgan fingerprint density at radius 3 is 2.92 bits per heavy atom. The number of esters is 1. The Labute approximate surface area is 82.4 Å². The van der Waals surface area contributed by atoms with Crippen LogP contribution in [0.3, 0.4) is 0 Å². The van der Waals surface area contributed by atoms with Gasteiger partial charge in [0.2, 0.25) is 0 Å². The van der Waals surface area contributed by atoms with Crippen molar-refractivity contribution in [2.45, 2.75) is 25.7 Å². The molecule has 0 aliphatic heterocycles. The van der Waals surface area contributed by atoms with Crippen molar-refractivity contribution in [2.75, 3.05) is 12.5 Å². The molecule has 1 rings (SSSR count). The number of hydrogen-bond acceptors (Lipinski definition) is 3. The van der Waals surface area contributed by atoms with Crippen LogP contribution >= 0.6 is 11.6 Å². The smallest absolute Gasteiger partial charge is 0.320 e. The minimum atomic E-state index is -0.444. The van der Waals surface area contributed by atoms with Gasteiger partial charge in [-0.15, -0.1) is 11.6 Å². The number of alkyl halides is 1. The van der Waals surface area contributed by atoms with E-state index in [1.165, 1.54) is 0 Å². The van der Waals surface area contributed by atoms with E-state index >= 15 is 0 Å². The van der Waals surface area contributed by atoms with Gasteiger partial charge in [-0.05, 0) is 12.8 Å². The molecule has 74 valence electrons. The molecule has 1 aliphatic rings. The second-order valence-corrected chi connectivity index (χ2v) is 3.49. The van der Waals surface area contributed by atoms with E-state index in [1.807, 2.05) is 0 Å². The summed E-state index contributed by atoms with van der Waals surface area (Å²) in [5, 5.41) is 0. The number of ketones is 1. The zero-order valence-corrected chi connectivity index (χ0v) is 8.18. The highest BCUT2D eigenvalue weighted by Gasteiger charge is 2.23. The third-order valence-corrected chi connectivity index (χ3v) is 2.45. The maximum Gasteiger partial charge on any atom is 0.320 e. The molecule has 0 amide bonds. The molecule has 0 aromatic carbocycles. The fourth-order valence-corrected chi connectivity index (χ4v) is 1.54. The molecule has 1 saturated carbocycles. The van der Waals surface area contributed by atoms with E-state index in [4.69, 9.17) is 16.3 Å². The molecule has 0 aromatic heterocycles. The first kappa shape index (κ1) is 10.5. The van der Waals surface area contributed by atoms with Crippen molar-refractivity contribution in [2.24, 2.45) is 5.92 Å². The number of rotatable bonds is 3. The average Bonchev–Trinajstić information content (AvgIpc) is 2.16. The number of hydrogen-bond donors (Lipinski definition) is 0. The molecule has 4 heteroatoms. The SMILES string of the molecule is O=C(CCl)OCC1CCCCC1=O.